The topological polar surface area (TPSA) is 134 Å². The number of hydrogen-bond donors (Lipinski definition) is 4. The Morgan fingerprint density at radius 1 is 0.872 bits per heavy atom. The highest BCUT2D eigenvalue weighted by Crippen LogP contribution is 2.44. The smallest absolute Gasteiger partial charge is 0.407 e. The number of carbonyl (C=O) groups excluding carboxylic acids is 2. The molecule has 3 aromatic rings. The predicted molar refractivity (Wildman–Crippen MR) is 144 cm³/mol. The molecule has 0 fully saturated rings. The van der Waals surface area contributed by atoms with E-state index in [2.05, 4.69) is 10.6 Å². The summed E-state index contributed by atoms with van der Waals surface area (Å²) in [5.41, 5.74) is 5.15. The van der Waals surface area contributed by atoms with Crippen LogP contribution in [0.2, 0.25) is 0 Å². The first-order valence-electron chi connectivity index (χ1n) is 12.8. The molecule has 204 valence electrons. The minimum absolute atomic E-state index is 0.0513. The fourth-order valence-electron chi connectivity index (χ4n) is 4.71. The molecule has 0 saturated carbocycles. The molecular weight excluding hydrogens is 500 g/mol. The van der Waals surface area contributed by atoms with E-state index >= 15 is 0 Å². The summed E-state index contributed by atoms with van der Waals surface area (Å²) in [5, 5.41) is 23.5. The first-order chi connectivity index (χ1) is 18.9. The minimum atomic E-state index is -1.32. The van der Waals surface area contributed by atoms with Crippen LogP contribution in [0.3, 0.4) is 0 Å². The highest BCUT2D eigenvalue weighted by Gasteiger charge is 2.33. The van der Waals surface area contributed by atoms with Gasteiger partial charge in [0.1, 0.15) is 18.7 Å². The predicted octanol–water partition coefficient (Wildman–Crippen LogP) is 3.45. The molecule has 4 N–H and O–H groups in total. The van der Waals surface area contributed by atoms with Gasteiger partial charge in [0.25, 0.3) is 0 Å². The third-order valence-electron chi connectivity index (χ3n) is 6.76. The maximum Gasteiger partial charge on any atom is 0.407 e. The normalized spacial score (nSPS) is 14.4. The van der Waals surface area contributed by atoms with Crippen molar-refractivity contribution in [1.82, 2.24) is 10.6 Å². The van der Waals surface area contributed by atoms with E-state index in [1.807, 2.05) is 78.9 Å². The number of aliphatic carboxylic acids is 1. The van der Waals surface area contributed by atoms with Gasteiger partial charge in [-0.1, -0.05) is 78.9 Å². The molecule has 9 heteroatoms. The second-order valence-corrected chi connectivity index (χ2v) is 9.36. The second kappa shape index (κ2) is 13.0. The van der Waals surface area contributed by atoms with Crippen molar-refractivity contribution in [2.45, 2.75) is 44.1 Å². The molecule has 9 nitrogen and oxygen atoms in total. The van der Waals surface area contributed by atoms with E-state index in [-0.39, 0.29) is 25.6 Å². The lowest BCUT2D eigenvalue weighted by Crippen LogP contribution is -2.56. The van der Waals surface area contributed by atoms with Crippen LogP contribution in [0, 0.1) is 0 Å². The number of nitrogens with one attached hydrogen (secondary N) is 2. The molecular formula is C30H32N2O7. The Morgan fingerprint density at radius 2 is 1.46 bits per heavy atom. The fraction of sp³-hybridized carbons (Fsp3) is 0.300. The van der Waals surface area contributed by atoms with Gasteiger partial charge in [-0.15, -0.1) is 0 Å². The summed E-state index contributed by atoms with van der Waals surface area (Å²) in [6.07, 6.45) is -1.84. The van der Waals surface area contributed by atoms with Crippen LogP contribution >= 0.6 is 0 Å². The summed E-state index contributed by atoms with van der Waals surface area (Å²) in [4.78, 5) is 37.6. The van der Waals surface area contributed by atoms with Crippen LogP contribution in [0.5, 0.6) is 0 Å². The van der Waals surface area contributed by atoms with Gasteiger partial charge in [0.2, 0.25) is 5.91 Å². The van der Waals surface area contributed by atoms with Crippen molar-refractivity contribution >= 4 is 18.0 Å². The van der Waals surface area contributed by atoms with Crippen LogP contribution in [0.4, 0.5) is 4.79 Å². The largest absolute Gasteiger partial charge is 0.480 e. The zero-order valence-corrected chi connectivity index (χ0v) is 21.6. The zero-order chi connectivity index (χ0) is 27.8. The van der Waals surface area contributed by atoms with Gasteiger partial charge < -0.3 is 30.3 Å². The molecule has 2 amide bonds. The van der Waals surface area contributed by atoms with Crippen LogP contribution in [0.1, 0.15) is 36.0 Å². The van der Waals surface area contributed by atoms with Gasteiger partial charge in [0, 0.05) is 18.9 Å². The van der Waals surface area contributed by atoms with Crippen molar-refractivity contribution in [3.63, 3.8) is 0 Å². The van der Waals surface area contributed by atoms with Gasteiger partial charge in [-0.05, 0) is 34.7 Å². The van der Waals surface area contributed by atoms with Gasteiger partial charge in [0.05, 0.1) is 12.7 Å². The SMILES string of the molecule is C[C@H](OCc1ccccc1)[C@@H](NC(=O)OCC1c2ccccc2-c2ccccc21)C(=O)N[C@H](CCO)C(=O)O. The highest BCUT2D eigenvalue weighted by molar-refractivity contribution is 5.89. The Morgan fingerprint density at radius 3 is 2.05 bits per heavy atom. The van der Waals surface area contributed by atoms with Gasteiger partial charge in [-0.3, -0.25) is 4.79 Å². The quantitative estimate of drug-likeness (QED) is 0.281. The highest BCUT2D eigenvalue weighted by atomic mass is 16.5. The van der Waals surface area contributed by atoms with E-state index < -0.39 is 42.8 Å². The van der Waals surface area contributed by atoms with Crippen molar-refractivity contribution < 1.29 is 34.1 Å². The molecule has 3 aromatic carbocycles. The van der Waals surface area contributed by atoms with Gasteiger partial charge in [-0.2, -0.15) is 0 Å². The number of carboxylic acids is 1. The molecule has 0 radical (unpaired) electrons. The number of fused-ring (bicyclic) bond motifs is 3. The summed E-state index contributed by atoms with van der Waals surface area (Å²) >= 11 is 0. The Balaban J connectivity index is 1.45. The number of carboxylic acid groups (broad SMARTS) is 1. The molecule has 39 heavy (non-hydrogen) atoms. The maximum absolute atomic E-state index is 13.1. The van der Waals surface area contributed by atoms with Crippen LogP contribution in [-0.2, 0) is 25.7 Å². The molecule has 0 heterocycles. The molecule has 0 spiro atoms. The Bertz CT molecular complexity index is 1250. The van der Waals surface area contributed by atoms with Crippen molar-refractivity contribution in [2.24, 2.45) is 0 Å². The first-order valence-corrected chi connectivity index (χ1v) is 12.8. The second-order valence-electron chi connectivity index (χ2n) is 9.36. The lowest BCUT2D eigenvalue weighted by Gasteiger charge is -2.26. The van der Waals surface area contributed by atoms with E-state index in [1.165, 1.54) is 0 Å². The maximum atomic E-state index is 13.1. The molecule has 1 aliphatic carbocycles. The van der Waals surface area contributed by atoms with Crippen LogP contribution < -0.4 is 10.6 Å². The van der Waals surface area contributed by atoms with Gasteiger partial charge >= 0.3 is 12.1 Å². The number of alkyl carbamates (subject to hydrolysis) is 1. The lowest BCUT2D eigenvalue weighted by atomic mass is 9.98. The summed E-state index contributed by atoms with van der Waals surface area (Å²) in [7, 11) is 0. The number of aliphatic hydroxyl groups is 1. The standard InChI is InChI=1S/C30H32N2O7/c1-19(38-17-20-9-3-2-4-10-20)27(28(34)31-26(15-16-33)29(35)36)32-30(37)39-18-25-23-13-7-5-11-21(23)22-12-6-8-14-24(22)25/h2-14,19,25-27,33H,15-18H2,1H3,(H,31,34)(H,32,37)(H,35,36)/t19-,26+,27+/m0/s1. The van der Waals surface area contributed by atoms with E-state index in [0.29, 0.717) is 0 Å². The molecule has 4 rings (SSSR count). The zero-order valence-electron chi connectivity index (χ0n) is 21.6. The van der Waals surface area contributed by atoms with Crippen LogP contribution in [0.15, 0.2) is 78.9 Å². The Kier molecular flexibility index (Phi) is 9.30. The fourth-order valence-corrected chi connectivity index (χ4v) is 4.71. The van der Waals surface area contributed by atoms with Gasteiger partial charge in [0.15, 0.2) is 0 Å². The number of aliphatic hydroxyl groups excluding tert-OH is 1. The molecule has 0 aliphatic heterocycles. The Hall–Kier alpha value is -4.21. The van der Waals surface area contributed by atoms with Crippen molar-refractivity contribution in [2.75, 3.05) is 13.2 Å². The van der Waals surface area contributed by atoms with Crippen LogP contribution in [-0.4, -0.2) is 59.6 Å². The summed E-state index contributed by atoms with van der Waals surface area (Å²) in [6.45, 7) is 1.41. The third-order valence-corrected chi connectivity index (χ3v) is 6.76. The lowest BCUT2D eigenvalue weighted by molar-refractivity contribution is -0.143. The first kappa shape index (κ1) is 27.8. The third kappa shape index (κ3) is 6.81. The average molecular weight is 533 g/mol. The van der Waals surface area contributed by atoms with E-state index in [1.54, 1.807) is 6.92 Å². The van der Waals surface area contributed by atoms with Crippen molar-refractivity contribution in [3.8, 4) is 11.1 Å². The summed E-state index contributed by atoms with van der Waals surface area (Å²) in [6, 6.07) is 22.6. The van der Waals surface area contributed by atoms with E-state index in [4.69, 9.17) is 9.47 Å². The minimum Gasteiger partial charge on any atom is -0.480 e. The number of amides is 2. The number of benzene rings is 3. The number of ether oxygens (including phenoxy) is 2. The molecule has 1 aliphatic rings. The summed E-state index contributed by atoms with van der Waals surface area (Å²) < 4.78 is 11.4. The monoisotopic (exact) mass is 532 g/mol. The number of hydrogen-bond acceptors (Lipinski definition) is 6. The molecule has 0 unspecified atom stereocenters. The van der Waals surface area contributed by atoms with E-state index in [9.17, 15) is 24.6 Å². The molecule has 0 bridgehead atoms. The number of rotatable bonds is 12. The van der Waals surface area contributed by atoms with Crippen molar-refractivity contribution in [3.05, 3.63) is 95.6 Å². The Labute approximate surface area is 226 Å². The van der Waals surface area contributed by atoms with Gasteiger partial charge in [-0.25, -0.2) is 9.59 Å². The summed E-state index contributed by atoms with van der Waals surface area (Å²) in [5.74, 6) is -2.22. The molecule has 0 saturated heterocycles. The molecule has 0 aromatic heterocycles. The molecule has 3 atom stereocenters. The average Bonchev–Trinajstić information content (AvgIpc) is 3.27. The number of carbonyl (C=O) groups is 3. The van der Waals surface area contributed by atoms with E-state index in [0.717, 1.165) is 27.8 Å². The van der Waals surface area contributed by atoms with Crippen molar-refractivity contribution in [1.29, 1.82) is 0 Å². The van der Waals surface area contributed by atoms with Crippen LogP contribution in [0.25, 0.3) is 11.1 Å².